The summed E-state index contributed by atoms with van der Waals surface area (Å²) in [5.41, 5.74) is 2.55. The van der Waals surface area contributed by atoms with Gasteiger partial charge in [0.25, 0.3) is 5.56 Å². The molecule has 3 heterocycles. The first-order chi connectivity index (χ1) is 15.2. The number of H-pyrrole nitrogens is 1. The van der Waals surface area contributed by atoms with Crippen LogP contribution in [0.25, 0.3) is 11.5 Å². The molecule has 0 radical (unpaired) electrons. The van der Waals surface area contributed by atoms with Gasteiger partial charge in [-0.3, -0.25) is 14.7 Å². The lowest BCUT2D eigenvalue weighted by Gasteiger charge is -2.35. The van der Waals surface area contributed by atoms with E-state index >= 15 is 0 Å². The van der Waals surface area contributed by atoms with Crippen LogP contribution in [0.4, 0.5) is 0 Å². The fourth-order valence-corrected chi connectivity index (χ4v) is 3.95. The highest BCUT2D eigenvalue weighted by molar-refractivity contribution is 5.48. The average molecular weight is 421 g/mol. The Bertz CT molecular complexity index is 1020. The summed E-state index contributed by atoms with van der Waals surface area (Å²) in [6.45, 7) is 2.89. The molecule has 0 unspecified atom stereocenters. The summed E-state index contributed by atoms with van der Waals surface area (Å²) < 4.78 is 10.7. The molecule has 0 spiro atoms. The van der Waals surface area contributed by atoms with E-state index in [1.54, 1.807) is 19.4 Å². The van der Waals surface area contributed by atoms with Gasteiger partial charge in [-0.2, -0.15) is 0 Å². The number of benzene rings is 1. The van der Waals surface area contributed by atoms with E-state index in [1.807, 2.05) is 30.3 Å². The van der Waals surface area contributed by atoms with Crippen molar-refractivity contribution in [2.45, 2.75) is 31.8 Å². The number of nitrogens with one attached hydrogen (secondary N) is 1. The standard InChI is InChI=1S/C24H28N4O3/c1-30-14-15-31-19-10-8-18(9-11-19)17-28-13-5-3-7-22(28)21-16-23(29)27-24(26-21)20-6-2-4-12-25-20/h2,4,6,8-12,16,22H,3,5,7,13-15,17H2,1H3,(H,26,27,29)/t22-/m1/s1. The first-order valence-corrected chi connectivity index (χ1v) is 10.7. The molecule has 31 heavy (non-hydrogen) atoms. The van der Waals surface area contributed by atoms with Gasteiger partial charge in [0.15, 0.2) is 5.82 Å². The summed E-state index contributed by atoms with van der Waals surface area (Å²) in [5.74, 6) is 1.36. The van der Waals surface area contributed by atoms with Crippen molar-refractivity contribution in [3.63, 3.8) is 0 Å². The average Bonchev–Trinajstić information content (AvgIpc) is 2.81. The maximum Gasteiger partial charge on any atom is 0.251 e. The first-order valence-electron chi connectivity index (χ1n) is 10.7. The molecular weight excluding hydrogens is 392 g/mol. The number of ether oxygens (including phenoxy) is 2. The van der Waals surface area contributed by atoms with Gasteiger partial charge in [-0.05, 0) is 49.2 Å². The zero-order valence-electron chi connectivity index (χ0n) is 17.8. The molecule has 7 heteroatoms. The highest BCUT2D eigenvalue weighted by atomic mass is 16.5. The van der Waals surface area contributed by atoms with Gasteiger partial charge in [-0.1, -0.05) is 24.6 Å². The van der Waals surface area contributed by atoms with Crippen LogP contribution in [0.1, 0.15) is 36.6 Å². The van der Waals surface area contributed by atoms with Crippen LogP contribution in [0.15, 0.2) is 59.5 Å². The Hall–Kier alpha value is -3.03. The molecule has 1 aliphatic heterocycles. The first kappa shape index (κ1) is 21.2. The summed E-state index contributed by atoms with van der Waals surface area (Å²) >= 11 is 0. The van der Waals surface area contributed by atoms with Crippen LogP contribution >= 0.6 is 0 Å². The van der Waals surface area contributed by atoms with Gasteiger partial charge in [0.05, 0.1) is 18.3 Å². The van der Waals surface area contributed by atoms with Crippen molar-refractivity contribution in [3.8, 4) is 17.3 Å². The maximum atomic E-state index is 12.4. The summed E-state index contributed by atoms with van der Waals surface area (Å²) in [6, 6.07) is 15.5. The smallest absolute Gasteiger partial charge is 0.251 e. The van der Waals surface area contributed by atoms with Crippen molar-refractivity contribution >= 4 is 0 Å². The zero-order valence-corrected chi connectivity index (χ0v) is 17.8. The molecule has 0 saturated carbocycles. The predicted octanol–water partition coefficient (Wildman–Crippen LogP) is 3.58. The molecule has 0 aliphatic carbocycles. The normalized spacial score (nSPS) is 16.9. The molecule has 1 saturated heterocycles. The molecule has 4 rings (SSSR count). The number of piperidine rings is 1. The topological polar surface area (TPSA) is 80.3 Å². The van der Waals surface area contributed by atoms with Gasteiger partial charge in [-0.15, -0.1) is 0 Å². The molecule has 7 nitrogen and oxygen atoms in total. The Labute approximate surface area is 182 Å². The number of rotatable bonds is 8. The van der Waals surface area contributed by atoms with E-state index < -0.39 is 0 Å². The van der Waals surface area contributed by atoms with Crippen LogP contribution < -0.4 is 10.3 Å². The van der Waals surface area contributed by atoms with Crippen LogP contribution in [-0.2, 0) is 11.3 Å². The van der Waals surface area contributed by atoms with Gasteiger partial charge in [0.2, 0.25) is 0 Å². The van der Waals surface area contributed by atoms with Crippen LogP contribution in [0.3, 0.4) is 0 Å². The van der Waals surface area contributed by atoms with Crippen molar-refractivity contribution in [2.75, 3.05) is 26.9 Å². The van der Waals surface area contributed by atoms with E-state index in [1.165, 1.54) is 5.56 Å². The Morgan fingerprint density at radius 2 is 2.00 bits per heavy atom. The quantitative estimate of drug-likeness (QED) is 0.561. The van der Waals surface area contributed by atoms with Crippen molar-refractivity contribution in [1.29, 1.82) is 0 Å². The molecule has 1 N–H and O–H groups in total. The van der Waals surface area contributed by atoms with Gasteiger partial charge < -0.3 is 14.5 Å². The second kappa shape index (κ2) is 10.3. The third kappa shape index (κ3) is 5.57. The molecule has 3 aromatic rings. The van der Waals surface area contributed by atoms with Crippen LogP contribution in [0, 0.1) is 0 Å². The largest absolute Gasteiger partial charge is 0.491 e. The fraction of sp³-hybridized carbons (Fsp3) is 0.375. The monoisotopic (exact) mass is 420 g/mol. The van der Waals surface area contributed by atoms with Gasteiger partial charge in [0.1, 0.15) is 18.1 Å². The molecule has 0 amide bonds. The molecule has 162 valence electrons. The summed E-state index contributed by atoms with van der Waals surface area (Å²) in [4.78, 5) is 26.7. The Morgan fingerprint density at radius 1 is 1.13 bits per heavy atom. The second-order valence-corrected chi connectivity index (χ2v) is 7.70. The number of aromatic amines is 1. The summed E-state index contributed by atoms with van der Waals surface area (Å²) in [7, 11) is 1.66. The van der Waals surface area contributed by atoms with Crippen molar-refractivity contribution in [1.82, 2.24) is 19.9 Å². The summed E-state index contributed by atoms with van der Waals surface area (Å²) in [5, 5.41) is 0. The number of hydrogen-bond donors (Lipinski definition) is 1. The lowest BCUT2D eigenvalue weighted by Crippen LogP contribution is -2.34. The maximum absolute atomic E-state index is 12.4. The molecular formula is C24H28N4O3. The predicted molar refractivity (Wildman–Crippen MR) is 119 cm³/mol. The summed E-state index contributed by atoms with van der Waals surface area (Å²) in [6.07, 6.45) is 4.96. The Morgan fingerprint density at radius 3 is 2.77 bits per heavy atom. The highest BCUT2D eigenvalue weighted by Crippen LogP contribution is 2.31. The SMILES string of the molecule is COCCOc1ccc(CN2CCCC[C@@H]2c2cc(=O)[nH]c(-c3ccccn3)n2)cc1. The van der Waals surface area contributed by atoms with E-state index in [9.17, 15) is 4.79 Å². The van der Waals surface area contributed by atoms with E-state index in [-0.39, 0.29) is 11.6 Å². The molecule has 2 aromatic heterocycles. The van der Waals surface area contributed by atoms with E-state index in [0.29, 0.717) is 24.7 Å². The Balaban J connectivity index is 1.52. The van der Waals surface area contributed by atoms with Crippen molar-refractivity contribution in [2.24, 2.45) is 0 Å². The van der Waals surface area contributed by atoms with Crippen LogP contribution in [0.2, 0.25) is 0 Å². The third-order valence-electron chi connectivity index (χ3n) is 5.49. The molecule has 1 aromatic carbocycles. The lowest BCUT2D eigenvalue weighted by molar-refractivity contribution is 0.137. The highest BCUT2D eigenvalue weighted by Gasteiger charge is 2.26. The molecule has 1 aliphatic rings. The number of aromatic nitrogens is 3. The van der Waals surface area contributed by atoms with E-state index in [0.717, 1.165) is 43.8 Å². The number of hydrogen-bond acceptors (Lipinski definition) is 6. The minimum Gasteiger partial charge on any atom is -0.491 e. The minimum atomic E-state index is -0.145. The second-order valence-electron chi connectivity index (χ2n) is 7.70. The van der Waals surface area contributed by atoms with E-state index in [2.05, 4.69) is 27.0 Å². The third-order valence-corrected chi connectivity index (χ3v) is 5.49. The number of nitrogens with zero attached hydrogens (tertiary/aromatic N) is 3. The Kier molecular flexibility index (Phi) is 7.07. The van der Waals surface area contributed by atoms with Crippen LogP contribution in [0.5, 0.6) is 5.75 Å². The van der Waals surface area contributed by atoms with Gasteiger partial charge >= 0.3 is 0 Å². The van der Waals surface area contributed by atoms with Crippen LogP contribution in [-0.4, -0.2) is 46.7 Å². The van der Waals surface area contributed by atoms with Gasteiger partial charge in [-0.25, -0.2) is 4.98 Å². The number of pyridine rings is 1. The van der Waals surface area contributed by atoms with Gasteiger partial charge in [0, 0.05) is 25.9 Å². The molecule has 0 bridgehead atoms. The fourth-order valence-electron chi connectivity index (χ4n) is 3.95. The lowest BCUT2D eigenvalue weighted by atomic mass is 9.98. The number of likely N-dealkylation sites (tertiary alicyclic amines) is 1. The number of methoxy groups -OCH3 is 1. The van der Waals surface area contributed by atoms with Crippen molar-refractivity contribution < 1.29 is 9.47 Å². The zero-order chi connectivity index (χ0) is 21.5. The van der Waals surface area contributed by atoms with E-state index in [4.69, 9.17) is 14.5 Å². The van der Waals surface area contributed by atoms with Crippen molar-refractivity contribution in [3.05, 3.63) is 76.3 Å². The molecule has 1 fully saturated rings. The molecule has 1 atom stereocenters. The minimum absolute atomic E-state index is 0.108.